The minimum Gasteiger partial charge on any atom is -0.314 e. The van der Waals surface area contributed by atoms with E-state index in [0.717, 1.165) is 17.9 Å². The Hall–Kier alpha value is -0.530. The second-order valence-corrected chi connectivity index (χ2v) is 4.76. The van der Waals surface area contributed by atoms with Gasteiger partial charge in [-0.15, -0.1) is 0 Å². The van der Waals surface area contributed by atoms with Gasteiger partial charge in [-0.2, -0.15) is 0 Å². The molecule has 1 atom stereocenters. The normalized spacial score (nSPS) is 20.8. The number of halogens is 1. The molecule has 0 aromatic heterocycles. The molecular weight excluding hydrogens is 206 g/mol. The van der Waals surface area contributed by atoms with Crippen molar-refractivity contribution in [3.63, 3.8) is 0 Å². The van der Waals surface area contributed by atoms with Gasteiger partial charge in [-0.3, -0.25) is 0 Å². The minimum atomic E-state index is 0.660. The summed E-state index contributed by atoms with van der Waals surface area (Å²) in [5.41, 5.74) is 2.72. The van der Waals surface area contributed by atoms with Crippen LogP contribution in [0.5, 0.6) is 0 Å². The fourth-order valence-corrected chi connectivity index (χ4v) is 2.54. The topological polar surface area (TPSA) is 12.0 Å². The van der Waals surface area contributed by atoms with Crippen LogP contribution < -0.4 is 5.32 Å². The zero-order chi connectivity index (χ0) is 10.7. The van der Waals surface area contributed by atoms with Gasteiger partial charge in [0.25, 0.3) is 0 Å². The number of rotatable bonds is 3. The van der Waals surface area contributed by atoms with E-state index >= 15 is 0 Å². The molecule has 0 aliphatic carbocycles. The van der Waals surface area contributed by atoms with Gasteiger partial charge in [0.15, 0.2) is 0 Å². The van der Waals surface area contributed by atoms with Crippen molar-refractivity contribution in [3.05, 3.63) is 34.3 Å². The van der Waals surface area contributed by atoms with Crippen LogP contribution in [0.2, 0.25) is 5.02 Å². The molecule has 1 aliphatic heterocycles. The Kier molecular flexibility index (Phi) is 3.66. The van der Waals surface area contributed by atoms with Crippen molar-refractivity contribution in [3.8, 4) is 0 Å². The highest BCUT2D eigenvalue weighted by atomic mass is 35.5. The first-order valence-electron chi connectivity index (χ1n) is 5.79. The van der Waals surface area contributed by atoms with Crippen LogP contribution in [0, 0.1) is 0 Å². The molecule has 82 valence electrons. The summed E-state index contributed by atoms with van der Waals surface area (Å²) in [6, 6.07) is 7.10. The Morgan fingerprint density at radius 3 is 2.80 bits per heavy atom. The van der Waals surface area contributed by atoms with E-state index < -0.39 is 0 Å². The molecule has 1 heterocycles. The fourth-order valence-electron chi connectivity index (χ4n) is 2.25. The lowest BCUT2D eigenvalue weighted by Crippen LogP contribution is -2.23. The van der Waals surface area contributed by atoms with Crippen LogP contribution in [-0.2, 0) is 12.8 Å². The van der Waals surface area contributed by atoms with Gasteiger partial charge in [-0.25, -0.2) is 0 Å². The Labute approximate surface area is 96.8 Å². The Morgan fingerprint density at radius 1 is 1.33 bits per heavy atom. The smallest absolute Gasteiger partial charge is 0.0411 e. The Balaban J connectivity index is 2.09. The predicted octanol–water partition coefficient (Wildman–Crippen LogP) is 3.20. The third-order valence-electron chi connectivity index (χ3n) is 3.07. The SMILES string of the molecule is CCc1cc(Cl)cc(CC2CCCN2)c1. The molecule has 0 saturated carbocycles. The summed E-state index contributed by atoms with van der Waals surface area (Å²) in [4.78, 5) is 0. The molecule has 0 radical (unpaired) electrons. The Morgan fingerprint density at radius 2 is 2.13 bits per heavy atom. The molecule has 0 bridgehead atoms. The van der Waals surface area contributed by atoms with Crippen LogP contribution in [0.25, 0.3) is 0 Å². The van der Waals surface area contributed by atoms with Crippen molar-refractivity contribution in [2.75, 3.05) is 6.54 Å². The van der Waals surface area contributed by atoms with E-state index in [1.807, 2.05) is 0 Å². The summed E-state index contributed by atoms with van der Waals surface area (Å²) in [6.07, 6.45) is 4.79. The van der Waals surface area contributed by atoms with Crippen molar-refractivity contribution in [2.24, 2.45) is 0 Å². The second-order valence-electron chi connectivity index (χ2n) is 4.32. The van der Waals surface area contributed by atoms with Crippen molar-refractivity contribution < 1.29 is 0 Å². The highest BCUT2D eigenvalue weighted by Crippen LogP contribution is 2.19. The molecular formula is C13H18ClN. The summed E-state index contributed by atoms with van der Waals surface area (Å²) < 4.78 is 0. The molecule has 2 rings (SSSR count). The number of hydrogen-bond donors (Lipinski definition) is 1. The van der Waals surface area contributed by atoms with Crippen molar-refractivity contribution in [2.45, 2.75) is 38.6 Å². The quantitative estimate of drug-likeness (QED) is 0.830. The van der Waals surface area contributed by atoms with Crippen LogP contribution in [0.4, 0.5) is 0 Å². The lowest BCUT2D eigenvalue weighted by atomic mass is 10.0. The number of benzene rings is 1. The van der Waals surface area contributed by atoms with Gasteiger partial charge >= 0.3 is 0 Å². The van der Waals surface area contributed by atoms with Gasteiger partial charge < -0.3 is 5.32 Å². The molecule has 1 N–H and O–H groups in total. The lowest BCUT2D eigenvalue weighted by molar-refractivity contribution is 0.603. The highest BCUT2D eigenvalue weighted by molar-refractivity contribution is 6.30. The third-order valence-corrected chi connectivity index (χ3v) is 3.29. The van der Waals surface area contributed by atoms with E-state index in [0.29, 0.717) is 6.04 Å². The van der Waals surface area contributed by atoms with E-state index in [2.05, 4.69) is 30.4 Å². The van der Waals surface area contributed by atoms with Crippen molar-refractivity contribution in [1.82, 2.24) is 5.32 Å². The zero-order valence-corrected chi connectivity index (χ0v) is 9.98. The van der Waals surface area contributed by atoms with Crippen molar-refractivity contribution in [1.29, 1.82) is 0 Å². The van der Waals surface area contributed by atoms with Crippen LogP contribution in [0.3, 0.4) is 0 Å². The maximum Gasteiger partial charge on any atom is 0.0411 e. The van der Waals surface area contributed by atoms with Gasteiger partial charge in [-0.1, -0.05) is 24.6 Å². The van der Waals surface area contributed by atoms with Crippen LogP contribution in [0.15, 0.2) is 18.2 Å². The number of nitrogens with one attached hydrogen (secondary N) is 1. The number of aryl methyl sites for hydroxylation is 1. The average Bonchev–Trinajstić information content (AvgIpc) is 2.69. The molecule has 15 heavy (non-hydrogen) atoms. The lowest BCUT2D eigenvalue weighted by Gasteiger charge is -2.11. The molecule has 1 aromatic rings. The summed E-state index contributed by atoms with van der Waals surface area (Å²) in [5, 5.41) is 4.40. The first kappa shape index (κ1) is 11.0. The van der Waals surface area contributed by atoms with E-state index in [9.17, 15) is 0 Å². The fraction of sp³-hybridized carbons (Fsp3) is 0.538. The van der Waals surface area contributed by atoms with Gasteiger partial charge in [0, 0.05) is 11.1 Å². The molecule has 1 aromatic carbocycles. The average molecular weight is 224 g/mol. The van der Waals surface area contributed by atoms with E-state index in [1.54, 1.807) is 0 Å². The molecule has 1 saturated heterocycles. The van der Waals surface area contributed by atoms with Crippen LogP contribution >= 0.6 is 11.6 Å². The highest BCUT2D eigenvalue weighted by Gasteiger charge is 2.14. The molecule has 1 unspecified atom stereocenters. The second kappa shape index (κ2) is 5.00. The van der Waals surface area contributed by atoms with Crippen LogP contribution in [-0.4, -0.2) is 12.6 Å². The zero-order valence-electron chi connectivity index (χ0n) is 9.22. The first-order valence-corrected chi connectivity index (χ1v) is 6.17. The van der Waals surface area contributed by atoms with Gasteiger partial charge in [0.05, 0.1) is 0 Å². The largest absolute Gasteiger partial charge is 0.314 e. The molecule has 1 aliphatic rings. The molecule has 1 fully saturated rings. The predicted molar refractivity (Wildman–Crippen MR) is 65.6 cm³/mol. The molecule has 2 heteroatoms. The maximum atomic E-state index is 6.09. The first-order chi connectivity index (χ1) is 7.28. The third kappa shape index (κ3) is 2.96. The van der Waals surface area contributed by atoms with E-state index in [1.165, 1.54) is 30.5 Å². The maximum absolute atomic E-state index is 6.09. The van der Waals surface area contributed by atoms with Crippen molar-refractivity contribution >= 4 is 11.6 Å². The standard InChI is InChI=1S/C13H18ClN/c1-2-10-6-11(8-12(14)7-10)9-13-4-3-5-15-13/h6-8,13,15H,2-5,9H2,1H3. The van der Waals surface area contributed by atoms with Gasteiger partial charge in [0.2, 0.25) is 0 Å². The molecule has 0 amide bonds. The number of hydrogen-bond acceptors (Lipinski definition) is 1. The molecule has 1 nitrogen and oxygen atoms in total. The van der Waals surface area contributed by atoms with Gasteiger partial charge in [-0.05, 0) is 55.5 Å². The van der Waals surface area contributed by atoms with E-state index in [4.69, 9.17) is 11.6 Å². The van der Waals surface area contributed by atoms with Gasteiger partial charge in [0.1, 0.15) is 0 Å². The Bertz CT molecular complexity index is 329. The summed E-state index contributed by atoms with van der Waals surface area (Å²) >= 11 is 6.09. The summed E-state index contributed by atoms with van der Waals surface area (Å²) in [6.45, 7) is 3.34. The monoisotopic (exact) mass is 223 g/mol. The van der Waals surface area contributed by atoms with E-state index in [-0.39, 0.29) is 0 Å². The minimum absolute atomic E-state index is 0.660. The molecule has 0 spiro atoms. The summed E-state index contributed by atoms with van der Waals surface area (Å²) in [5.74, 6) is 0. The van der Waals surface area contributed by atoms with Crippen LogP contribution in [0.1, 0.15) is 30.9 Å². The summed E-state index contributed by atoms with van der Waals surface area (Å²) in [7, 11) is 0.